The lowest BCUT2D eigenvalue weighted by molar-refractivity contribution is -0.114. The number of allylic oxidation sites excluding steroid dienone is 2. The molecule has 0 aliphatic heterocycles. The van der Waals surface area contributed by atoms with Crippen molar-refractivity contribution in [2.75, 3.05) is 6.54 Å². The van der Waals surface area contributed by atoms with Gasteiger partial charge in [-0.05, 0) is 28.4 Å². The molecule has 0 saturated heterocycles. The van der Waals surface area contributed by atoms with E-state index in [0.29, 0.717) is 6.54 Å². The fourth-order valence-electron chi connectivity index (χ4n) is 4.26. The van der Waals surface area contributed by atoms with Crippen LogP contribution >= 0.6 is 6.89 Å². The maximum absolute atomic E-state index is 14.1. The average Bonchev–Trinajstić information content (AvgIpc) is 2.91. The summed E-state index contributed by atoms with van der Waals surface area (Å²) in [6.07, 6.45) is 5.46. The van der Waals surface area contributed by atoms with Gasteiger partial charge in [0.15, 0.2) is 0 Å². The highest BCUT2D eigenvalue weighted by Crippen LogP contribution is 2.47. The Bertz CT molecular complexity index is 1210. The van der Waals surface area contributed by atoms with Crippen LogP contribution in [-0.4, -0.2) is 17.7 Å². The van der Waals surface area contributed by atoms with E-state index in [9.17, 15) is 4.79 Å². The quantitative estimate of drug-likeness (QED) is 0.288. The molecule has 1 N–H and O–H groups in total. The molecular weight excluding hydrogens is 433 g/mol. The third-order valence-corrected chi connectivity index (χ3v) is 10.0. The van der Waals surface area contributed by atoms with Crippen LogP contribution in [0.4, 0.5) is 0 Å². The van der Waals surface area contributed by atoms with Crippen molar-refractivity contribution < 1.29 is 4.79 Å². The minimum absolute atomic E-state index is 0.0650. The van der Waals surface area contributed by atoms with Gasteiger partial charge in [-0.3, -0.25) is 4.79 Å². The van der Waals surface area contributed by atoms with Gasteiger partial charge in [0, 0.05) is 6.54 Å². The second-order valence-corrected chi connectivity index (χ2v) is 11.1. The van der Waals surface area contributed by atoms with Crippen molar-refractivity contribution in [1.29, 1.82) is 0 Å². The first-order valence-corrected chi connectivity index (χ1v) is 13.1. The molecule has 1 amide bonds. The summed E-state index contributed by atoms with van der Waals surface area (Å²) in [7, 11) is 0. The molecule has 0 radical (unpaired) electrons. The Balaban J connectivity index is 2.18. The predicted octanol–water partition coefficient (Wildman–Crippen LogP) is 5.06. The number of nitrogens with one attached hydrogen (secondary N) is 1. The zero-order valence-electron chi connectivity index (χ0n) is 19.0. The molecule has 168 valence electrons. The van der Waals surface area contributed by atoms with E-state index in [4.69, 9.17) is 0 Å². The van der Waals surface area contributed by atoms with Crippen molar-refractivity contribution in [1.82, 2.24) is 5.32 Å². The highest BCUT2D eigenvalue weighted by atomic mass is 31.2. The first kappa shape index (κ1) is 23.3. The van der Waals surface area contributed by atoms with Crippen LogP contribution in [0.25, 0.3) is 0 Å². The molecule has 2 nitrogen and oxygen atoms in total. The zero-order valence-corrected chi connectivity index (χ0v) is 19.9. The summed E-state index contributed by atoms with van der Waals surface area (Å²) in [5, 5.41) is 7.37. The summed E-state index contributed by atoms with van der Waals surface area (Å²) in [5.74, 6) is -0.0650. The molecule has 0 atom stereocenters. The minimum Gasteiger partial charge on any atom is -0.348 e. The van der Waals surface area contributed by atoms with Gasteiger partial charge in [0.2, 0.25) is 0 Å². The van der Waals surface area contributed by atoms with Crippen molar-refractivity contribution in [3.05, 3.63) is 152 Å². The normalized spacial score (nSPS) is 11.2. The molecule has 0 aliphatic carbocycles. The van der Waals surface area contributed by atoms with Crippen molar-refractivity contribution in [3.8, 4) is 0 Å². The number of carbonyl (C=O) groups is 1. The highest BCUT2D eigenvalue weighted by molar-refractivity contribution is 7.96. The number of carbonyl (C=O) groups excluding carboxylic acids is 1. The monoisotopic (exact) mass is 461 g/mol. The minimum atomic E-state index is -2.54. The maximum Gasteiger partial charge on any atom is 0.253 e. The van der Waals surface area contributed by atoms with E-state index in [1.807, 2.05) is 60.7 Å². The van der Waals surface area contributed by atoms with Crippen LogP contribution in [0, 0.1) is 0 Å². The van der Waals surface area contributed by atoms with E-state index in [-0.39, 0.29) is 5.91 Å². The Morgan fingerprint density at radius 1 is 0.676 bits per heavy atom. The molecule has 0 heterocycles. The van der Waals surface area contributed by atoms with Crippen molar-refractivity contribution in [3.63, 3.8) is 0 Å². The van der Waals surface area contributed by atoms with Crippen LogP contribution in [0.1, 0.15) is 5.56 Å². The van der Waals surface area contributed by atoms with E-state index in [0.717, 1.165) is 26.8 Å². The van der Waals surface area contributed by atoms with E-state index in [2.05, 4.69) is 84.7 Å². The molecule has 0 bridgehead atoms. The van der Waals surface area contributed by atoms with Gasteiger partial charge in [0.05, 0.1) is 5.29 Å². The molecule has 0 fully saturated rings. The summed E-state index contributed by atoms with van der Waals surface area (Å²) in [6, 6.07) is 41.4. The average molecular weight is 462 g/mol. The van der Waals surface area contributed by atoms with Gasteiger partial charge in [0.1, 0.15) is 0 Å². The standard InChI is InChI=1S/C31H28NOP/c1-2-3-16-25-32-31(33)30(26-17-8-4-9-18-26)34(27-19-10-5-11-20-27,28-21-12-6-13-22-28)29-23-14-7-15-24-29/h2-24H,1,25H2,(H,32,33)/b16-3+. The van der Waals surface area contributed by atoms with Crippen molar-refractivity contribution in [2.24, 2.45) is 0 Å². The highest BCUT2D eigenvalue weighted by Gasteiger charge is 2.33. The Morgan fingerprint density at radius 2 is 1.09 bits per heavy atom. The zero-order chi connectivity index (χ0) is 23.6. The Hall–Kier alpha value is -3.87. The molecule has 0 unspecified atom stereocenters. The lowest BCUT2D eigenvalue weighted by atomic mass is 10.1. The molecule has 4 rings (SSSR count). The molecule has 4 aromatic rings. The van der Waals surface area contributed by atoms with Crippen LogP contribution in [0.2, 0.25) is 0 Å². The van der Waals surface area contributed by atoms with Gasteiger partial charge in [-0.25, -0.2) is 0 Å². The number of rotatable bonds is 8. The Morgan fingerprint density at radius 3 is 1.50 bits per heavy atom. The van der Waals surface area contributed by atoms with Gasteiger partial charge < -0.3 is 5.32 Å². The topological polar surface area (TPSA) is 29.1 Å². The van der Waals surface area contributed by atoms with E-state index in [1.54, 1.807) is 6.08 Å². The number of amides is 1. The lowest BCUT2D eigenvalue weighted by Gasteiger charge is -2.32. The predicted molar refractivity (Wildman–Crippen MR) is 148 cm³/mol. The van der Waals surface area contributed by atoms with Crippen LogP contribution in [0.5, 0.6) is 0 Å². The molecule has 0 aliphatic rings. The number of hydrogen-bond acceptors (Lipinski definition) is 1. The van der Waals surface area contributed by atoms with Gasteiger partial charge in [0.25, 0.3) is 5.91 Å². The van der Waals surface area contributed by atoms with E-state index >= 15 is 0 Å². The van der Waals surface area contributed by atoms with Crippen LogP contribution in [-0.2, 0) is 4.79 Å². The first-order valence-electron chi connectivity index (χ1n) is 11.3. The summed E-state index contributed by atoms with van der Waals surface area (Å²) in [4.78, 5) is 14.1. The fourth-order valence-corrected chi connectivity index (χ4v) is 8.71. The van der Waals surface area contributed by atoms with Crippen LogP contribution in [0.15, 0.2) is 146 Å². The molecule has 0 aromatic heterocycles. The molecule has 34 heavy (non-hydrogen) atoms. The Labute approximate surface area is 202 Å². The van der Waals surface area contributed by atoms with Crippen molar-refractivity contribution >= 4 is 34.0 Å². The number of benzene rings is 4. The largest absolute Gasteiger partial charge is 0.348 e. The van der Waals surface area contributed by atoms with Gasteiger partial charge in [-0.15, -0.1) is 0 Å². The summed E-state index contributed by atoms with van der Waals surface area (Å²) in [6.45, 7) is 1.61. The third-order valence-electron chi connectivity index (χ3n) is 5.68. The van der Waals surface area contributed by atoms with Crippen molar-refractivity contribution in [2.45, 2.75) is 0 Å². The molecular formula is C31H28NOP. The Kier molecular flexibility index (Phi) is 7.75. The lowest BCUT2D eigenvalue weighted by Crippen LogP contribution is -2.39. The second-order valence-electron chi connectivity index (χ2n) is 7.77. The SMILES string of the molecule is C=C/C=C/CNC(=O)C(c1ccccc1)=P(c1ccccc1)(c1ccccc1)c1ccccc1. The smallest absolute Gasteiger partial charge is 0.253 e. The fraction of sp³-hybridized carbons (Fsp3) is 0.0323. The van der Waals surface area contributed by atoms with Crippen LogP contribution in [0.3, 0.4) is 0 Å². The summed E-state index contributed by atoms with van der Waals surface area (Å²) < 4.78 is 0. The molecule has 4 aromatic carbocycles. The number of hydrogen-bond donors (Lipinski definition) is 1. The van der Waals surface area contributed by atoms with E-state index < -0.39 is 6.89 Å². The van der Waals surface area contributed by atoms with Gasteiger partial charge >= 0.3 is 0 Å². The molecule has 3 heteroatoms. The third kappa shape index (κ3) is 4.73. The molecule has 0 saturated carbocycles. The van der Waals surface area contributed by atoms with E-state index in [1.165, 1.54) is 0 Å². The second kappa shape index (κ2) is 11.3. The van der Waals surface area contributed by atoms with Gasteiger partial charge in [-0.1, -0.05) is 146 Å². The summed E-state index contributed by atoms with van der Waals surface area (Å²) in [5.41, 5.74) is 0.928. The maximum atomic E-state index is 14.1. The first-order chi connectivity index (χ1) is 16.8. The van der Waals surface area contributed by atoms with Crippen LogP contribution < -0.4 is 21.2 Å². The summed E-state index contributed by atoms with van der Waals surface area (Å²) >= 11 is 0. The van der Waals surface area contributed by atoms with Gasteiger partial charge in [-0.2, -0.15) is 0 Å². The molecule has 0 spiro atoms.